The minimum absolute atomic E-state index is 0.0191. The number of amides is 2. The fraction of sp³-hybridized carbons (Fsp3) is 0.448. The van der Waals surface area contributed by atoms with Gasteiger partial charge >= 0.3 is 0 Å². The standard InChI is InChI=1S/C29H38N6O3/c1-19(2)30-12-13-31-27(36)17-35(26-11-10-24(14-20(26)3)29-32-21(4)38-33-29)18-28(37)34(5)25-15-22-8-6-7-9-23(22)16-25/h6-11,14,19,25,30H,12-13,15-18H2,1-5H3,(H,31,36). The Morgan fingerprint density at radius 2 is 1.76 bits per heavy atom. The summed E-state index contributed by atoms with van der Waals surface area (Å²) in [5.74, 6) is 0.858. The molecule has 38 heavy (non-hydrogen) atoms. The molecule has 0 saturated carbocycles. The van der Waals surface area contributed by atoms with Gasteiger partial charge in [-0.3, -0.25) is 9.59 Å². The van der Waals surface area contributed by atoms with Gasteiger partial charge in [-0.1, -0.05) is 43.3 Å². The summed E-state index contributed by atoms with van der Waals surface area (Å²) in [5, 5.41) is 10.3. The Morgan fingerprint density at radius 3 is 2.37 bits per heavy atom. The number of benzene rings is 2. The number of anilines is 1. The van der Waals surface area contributed by atoms with Crippen molar-refractivity contribution in [3.05, 3.63) is 65.0 Å². The van der Waals surface area contributed by atoms with Crippen LogP contribution in [0.15, 0.2) is 47.0 Å². The van der Waals surface area contributed by atoms with Gasteiger partial charge < -0.3 is 25.0 Å². The van der Waals surface area contributed by atoms with Crippen molar-refractivity contribution in [2.45, 2.75) is 52.6 Å². The molecule has 9 nitrogen and oxygen atoms in total. The lowest BCUT2D eigenvalue weighted by Gasteiger charge is -2.30. The van der Waals surface area contributed by atoms with E-state index in [1.807, 2.05) is 54.1 Å². The smallest absolute Gasteiger partial charge is 0.242 e. The lowest BCUT2D eigenvalue weighted by molar-refractivity contribution is -0.130. The van der Waals surface area contributed by atoms with Crippen LogP contribution in [0.3, 0.4) is 0 Å². The maximum atomic E-state index is 13.5. The van der Waals surface area contributed by atoms with Crippen LogP contribution < -0.4 is 15.5 Å². The normalized spacial score (nSPS) is 13.0. The molecule has 0 bridgehead atoms. The van der Waals surface area contributed by atoms with Crippen LogP contribution >= 0.6 is 0 Å². The number of hydrogen-bond acceptors (Lipinski definition) is 7. The van der Waals surface area contributed by atoms with Crippen molar-refractivity contribution in [3.63, 3.8) is 0 Å². The number of nitrogens with zero attached hydrogens (tertiary/aromatic N) is 4. The molecule has 0 aliphatic heterocycles. The van der Waals surface area contributed by atoms with Crippen LogP contribution in [-0.4, -0.2) is 72.2 Å². The summed E-state index contributed by atoms with van der Waals surface area (Å²) in [6, 6.07) is 14.6. The first-order chi connectivity index (χ1) is 18.2. The van der Waals surface area contributed by atoms with Crippen molar-refractivity contribution in [1.82, 2.24) is 25.7 Å². The number of rotatable bonds is 11. The maximum absolute atomic E-state index is 13.5. The van der Waals surface area contributed by atoms with Crippen molar-refractivity contribution in [2.24, 2.45) is 0 Å². The number of nitrogens with one attached hydrogen (secondary N) is 2. The Morgan fingerprint density at radius 1 is 1.05 bits per heavy atom. The fourth-order valence-electron chi connectivity index (χ4n) is 4.87. The number of likely N-dealkylation sites (N-methyl/N-ethyl adjacent to an activating group) is 1. The number of fused-ring (bicyclic) bond motifs is 1. The Hall–Kier alpha value is -3.72. The monoisotopic (exact) mass is 518 g/mol. The second-order valence-corrected chi connectivity index (χ2v) is 10.3. The van der Waals surface area contributed by atoms with E-state index in [0.717, 1.165) is 29.7 Å². The summed E-state index contributed by atoms with van der Waals surface area (Å²) in [4.78, 5) is 34.4. The van der Waals surface area contributed by atoms with Gasteiger partial charge in [-0.2, -0.15) is 4.98 Å². The van der Waals surface area contributed by atoms with Crippen molar-refractivity contribution in [1.29, 1.82) is 0 Å². The van der Waals surface area contributed by atoms with E-state index in [9.17, 15) is 9.59 Å². The number of hydrogen-bond donors (Lipinski definition) is 2. The minimum atomic E-state index is -0.128. The highest BCUT2D eigenvalue weighted by Gasteiger charge is 2.29. The van der Waals surface area contributed by atoms with E-state index in [0.29, 0.717) is 30.8 Å². The van der Waals surface area contributed by atoms with Gasteiger partial charge in [0.1, 0.15) is 0 Å². The van der Waals surface area contributed by atoms with Gasteiger partial charge in [0.15, 0.2) is 0 Å². The van der Waals surface area contributed by atoms with Crippen molar-refractivity contribution >= 4 is 17.5 Å². The average molecular weight is 519 g/mol. The zero-order chi connectivity index (χ0) is 27.2. The van der Waals surface area contributed by atoms with Crippen LogP contribution in [0.2, 0.25) is 0 Å². The molecule has 2 N–H and O–H groups in total. The summed E-state index contributed by atoms with van der Waals surface area (Å²) in [6.45, 7) is 9.23. The van der Waals surface area contributed by atoms with Gasteiger partial charge in [-0.05, 0) is 54.7 Å². The Bertz CT molecular complexity index is 1250. The Balaban J connectivity index is 1.49. The number of aryl methyl sites for hydroxylation is 2. The highest BCUT2D eigenvalue weighted by atomic mass is 16.5. The predicted molar refractivity (Wildman–Crippen MR) is 148 cm³/mol. The summed E-state index contributed by atoms with van der Waals surface area (Å²) in [5.41, 5.74) is 5.15. The summed E-state index contributed by atoms with van der Waals surface area (Å²) in [7, 11) is 1.86. The molecular weight excluding hydrogens is 480 g/mol. The molecule has 0 spiro atoms. The second-order valence-electron chi connectivity index (χ2n) is 10.3. The molecule has 4 rings (SSSR count). The van der Waals surface area contributed by atoms with Gasteiger partial charge in [-0.25, -0.2) is 0 Å². The Kier molecular flexibility index (Phi) is 8.78. The molecule has 0 fully saturated rings. The third-order valence-electron chi connectivity index (χ3n) is 6.95. The van der Waals surface area contributed by atoms with E-state index in [-0.39, 0.29) is 30.9 Å². The van der Waals surface area contributed by atoms with Crippen LogP contribution in [0.25, 0.3) is 11.4 Å². The lowest BCUT2D eigenvalue weighted by Crippen LogP contribution is -2.47. The van der Waals surface area contributed by atoms with Crippen LogP contribution in [-0.2, 0) is 22.4 Å². The Labute approximate surface area is 224 Å². The van der Waals surface area contributed by atoms with Gasteiger partial charge in [-0.15, -0.1) is 0 Å². The van der Waals surface area contributed by atoms with Crippen molar-refractivity contribution in [3.8, 4) is 11.4 Å². The van der Waals surface area contributed by atoms with Crippen LogP contribution in [0.4, 0.5) is 5.69 Å². The van der Waals surface area contributed by atoms with Crippen LogP contribution in [0.5, 0.6) is 0 Å². The molecule has 2 aromatic carbocycles. The highest BCUT2D eigenvalue weighted by molar-refractivity contribution is 5.87. The summed E-state index contributed by atoms with van der Waals surface area (Å²) >= 11 is 0. The molecule has 9 heteroatoms. The minimum Gasteiger partial charge on any atom is -0.353 e. The van der Waals surface area contributed by atoms with Gasteiger partial charge in [0, 0.05) is 50.4 Å². The first-order valence-electron chi connectivity index (χ1n) is 13.2. The summed E-state index contributed by atoms with van der Waals surface area (Å²) in [6.07, 6.45) is 1.69. The average Bonchev–Trinajstić information content (AvgIpc) is 3.52. The molecule has 1 aliphatic rings. The first-order valence-corrected chi connectivity index (χ1v) is 13.2. The fourth-order valence-corrected chi connectivity index (χ4v) is 4.87. The van der Waals surface area contributed by atoms with E-state index in [1.165, 1.54) is 11.1 Å². The van der Waals surface area contributed by atoms with Gasteiger partial charge in [0.25, 0.3) is 0 Å². The van der Waals surface area contributed by atoms with Gasteiger partial charge in [0.2, 0.25) is 23.5 Å². The SMILES string of the molecule is Cc1nc(-c2ccc(N(CC(=O)NCCNC(C)C)CC(=O)N(C)C3Cc4ccccc4C3)c(C)c2)no1. The third-order valence-corrected chi connectivity index (χ3v) is 6.95. The number of carbonyl (C=O) groups excluding carboxylic acids is 2. The van der Waals surface area contributed by atoms with Gasteiger partial charge in [0.05, 0.1) is 13.1 Å². The second kappa shape index (κ2) is 12.2. The molecule has 2 amide bonds. The van der Waals surface area contributed by atoms with Crippen molar-refractivity contribution < 1.29 is 14.1 Å². The van der Waals surface area contributed by atoms with Crippen LogP contribution in [0.1, 0.15) is 36.4 Å². The number of aromatic nitrogens is 2. The molecular formula is C29H38N6O3. The molecule has 0 unspecified atom stereocenters. The molecule has 202 valence electrons. The lowest BCUT2D eigenvalue weighted by atomic mass is 10.1. The number of carbonyl (C=O) groups is 2. The topological polar surface area (TPSA) is 104 Å². The molecule has 1 heterocycles. The summed E-state index contributed by atoms with van der Waals surface area (Å²) < 4.78 is 5.12. The van der Waals surface area contributed by atoms with E-state index >= 15 is 0 Å². The zero-order valence-electron chi connectivity index (χ0n) is 23.0. The quantitative estimate of drug-likeness (QED) is 0.376. The molecule has 0 atom stereocenters. The maximum Gasteiger partial charge on any atom is 0.242 e. The van der Waals surface area contributed by atoms with Crippen LogP contribution in [0, 0.1) is 13.8 Å². The zero-order valence-corrected chi connectivity index (χ0v) is 23.0. The molecule has 1 aromatic heterocycles. The third kappa shape index (κ3) is 6.77. The molecule has 1 aliphatic carbocycles. The van der Waals surface area contributed by atoms with E-state index in [4.69, 9.17) is 4.52 Å². The molecule has 0 radical (unpaired) electrons. The molecule has 0 saturated heterocycles. The first kappa shape index (κ1) is 27.3. The van der Waals surface area contributed by atoms with E-state index < -0.39 is 0 Å². The predicted octanol–water partition coefficient (Wildman–Crippen LogP) is 2.90. The van der Waals surface area contributed by atoms with E-state index in [1.54, 1.807) is 6.92 Å². The highest BCUT2D eigenvalue weighted by Crippen LogP contribution is 2.27. The molecule has 3 aromatic rings. The van der Waals surface area contributed by atoms with Crippen molar-refractivity contribution in [2.75, 3.05) is 38.1 Å². The largest absolute Gasteiger partial charge is 0.353 e. The van der Waals surface area contributed by atoms with E-state index in [2.05, 4.69) is 46.8 Å².